The summed E-state index contributed by atoms with van der Waals surface area (Å²) in [5.41, 5.74) is 6.33. The molecule has 0 radical (unpaired) electrons. The van der Waals surface area contributed by atoms with Gasteiger partial charge in [0.25, 0.3) is 0 Å². The van der Waals surface area contributed by atoms with Gasteiger partial charge in [0.05, 0.1) is 21.3 Å². The molecular weight excluding hydrogens is 338 g/mol. The molecule has 0 bridgehead atoms. The quantitative estimate of drug-likeness (QED) is 0.595. The Bertz CT molecular complexity index is 925. The van der Waals surface area contributed by atoms with Crippen molar-refractivity contribution in [3.05, 3.63) is 59.9 Å². The van der Waals surface area contributed by atoms with E-state index in [1.165, 1.54) is 0 Å². The Morgan fingerprint density at radius 1 is 0.852 bits per heavy atom. The van der Waals surface area contributed by atoms with Gasteiger partial charge in [0, 0.05) is 23.0 Å². The number of rotatable bonds is 6. The fraction of sp³-hybridized carbons (Fsp3) is 0.261. The maximum Gasteiger partial charge on any atom is 0.163 e. The number of nitrogens with zero attached hydrogens (tertiary/aromatic N) is 1. The molecule has 0 aliphatic rings. The first-order valence-corrected chi connectivity index (χ1v) is 8.97. The molecule has 0 saturated carbocycles. The zero-order valence-corrected chi connectivity index (χ0v) is 16.5. The van der Waals surface area contributed by atoms with Gasteiger partial charge in [-0.1, -0.05) is 19.1 Å². The molecular formula is C23H25NO3. The van der Waals surface area contributed by atoms with Crippen LogP contribution >= 0.6 is 0 Å². The second kappa shape index (κ2) is 8.12. The van der Waals surface area contributed by atoms with Crippen LogP contribution in [0.3, 0.4) is 0 Å². The number of aryl methyl sites for hydroxylation is 2. The second-order valence-electron chi connectivity index (χ2n) is 6.31. The topological polar surface area (TPSA) is 40.6 Å². The van der Waals surface area contributed by atoms with E-state index in [-0.39, 0.29) is 0 Å². The number of aromatic nitrogens is 1. The highest BCUT2D eigenvalue weighted by Gasteiger charge is 2.14. The van der Waals surface area contributed by atoms with Crippen LogP contribution in [0.5, 0.6) is 17.2 Å². The van der Waals surface area contributed by atoms with Crippen LogP contribution in [0.4, 0.5) is 0 Å². The van der Waals surface area contributed by atoms with Gasteiger partial charge in [-0.2, -0.15) is 0 Å². The molecule has 4 nitrogen and oxygen atoms in total. The molecule has 1 heterocycles. The van der Waals surface area contributed by atoms with Crippen molar-refractivity contribution in [2.45, 2.75) is 20.3 Å². The van der Waals surface area contributed by atoms with Crippen LogP contribution in [-0.2, 0) is 6.42 Å². The summed E-state index contributed by atoms with van der Waals surface area (Å²) in [6.45, 7) is 4.13. The number of methoxy groups -OCH3 is 3. The van der Waals surface area contributed by atoms with Crippen molar-refractivity contribution in [3.8, 4) is 39.5 Å². The fourth-order valence-electron chi connectivity index (χ4n) is 3.25. The molecule has 140 valence electrons. The lowest BCUT2D eigenvalue weighted by Gasteiger charge is -2.16. The smallest absolute Gasteiger partial charge is 0.163 e. The molecule has 3 rings (SSSR count). The molecule has 0 saturated heterocycles. The molecule has 4 heteroatoms. The van der Waals surface area contributed by atoms with E-state index >= 15 is 0 Å². The van der Waals surface area contributed by atoms with Crippen molar-refractivity contribution in [2.75, 3.05) is 21.3 Å². The molecule has 0 fully saturated rings. The molecule has 1 aromatic heterocycles. The Morgan fingerprint density at radius 3 is 2.33 bits per heavy atom. The highest BCUT2D eigenvalue weighted by molar-refractivity contribution is 5.76. The van der Waals surface area contributed by atoms with Crippen LogP contribution in [0.1, 0.15) is 18.2 Å². The first-order valence-electron chi connectivity index (χ1n) is 8.97. The number of hydrogen-bond acceptors (Lipinski definition) is 4. The summed E-state index contributed by atoms with van der Waals surface area (Å²) in [6.07, 6.45) is 2.75. The Kier molecular flexibility index (Phi) is 5.65. The number of hydrogen-bond donors (Lipinski definition) is 0. The maximum atomic E-state index is 5.56. The zero-order chi connectivity index (χ0) is 19.4. The van der Waals surface area contributed by atoms with Crippen molar-refractivity contribution in [1.29, 1.82) is 0 Å². The molecule has 27 heavy (non-hydrogen) atoms. The van der Waals surface area contributed by atoms with Crippen LogP contribution < -0.4 is 14.2 Å². The summed E-state index contributed by atoms with van der Waals surface area (Å²) >= 11 is 0. The van der Waals surface area contributed by atoms with Gasteiger partial charge in [-0.25, -0.2) is 0 Å². The highest BCUT2D eigenvalue weighted by Crippen LogP contribution is 2.38. The summed E-state index contributed by atoms with van der Waals surface area (Å²) < 4.78 is 16.5. The lowest BCUT2D eigenvalue weighted by atomic mass is 9.96. The summed E-state index contributed by atoms with van der Waals surface area (Å²) in [5, 5.41) is 0. The lowest BCUT2D eigenvalue weighted by molar-refractivity contribution is 0.352. The fourth-order valence-corrected chi connectivity index (χ4v) is 3.25. The maximum absolute atomic E-state index is 5.56. The Labute approximate surface area is 160 Å². The molecule has 0 aliphatic heterocycles. The first-order chi connectivity index (χ1) is 13.1. The average Bonchev–Trinajstić information content (AvgIpc) is 2.72. The van der Waals surface area contributed by atoms with Gasteiger partial charge in [0.2, 0.25) is 0 Å². The predicted molar refractivity (Wildman–Crippen MR) is 109 cm³/mol. The van der Waals surface area contributed by atoms with E-state index in [9.17, 15) is 0 Å². The van der Waals surface area contributed by atoms with Crippen LogP contribution in [0.25, 0.3) is 22.3 Å². The minimum Gasteiger partial charge on any atom is -0.497 e. The van der Waals surface area contributed by atoms with E-state index < -0.39 is 0 Å². The lowest BCUT2D eigenvalue weighted by Crippen LogP contribution is -1.98. The van der Waals surface area contributed by atoms with Gasteiger partial charge >= 0.3 is 0 Å². The second-order valence-corrected chi connectivity index (χ2v) is 6.31. The molecule has 2 aromatic carbocycles. The van der Waals surface area contributed by atoms with Gasteiger partial charge in [-0.05, 0) is 60.4 Å². The molecule has 0 amide bonds. The van der Waals surface area contributed by atoms with E-state index in [1.807, 2.05) is 37.4 Å². The minimum absolute atomic E-state index is 0.734. The van der Waals surface area contributed by atoms with Crippen LogP contribution in [-0.4, -0.2) is 26.3 Å². The zero-order valence-electron chi connectivity index (χ0n) is 16.5. The van der Waals surface area contributed by atoms with Gasteiger partial charge in [0.1, 0.15) is 5.75 Å². The molecule has 3 aromatic rings. The summed E-state index contributed by atoms with van der Waals surface area (Å²) in [7, 11) is 5.01. The Hall–Kier alpha value is -3.01. The first kappa shape index (κ1) is 18.8. The third-order valence-corrected chi connectivity index (χ3v) is 4.74. The van der Waals surface area contributed by atoms with E-state index in [4.69, 9.17) is 14.2 Å². The SMILES string of the molecule is CCc1cc(-c2cc(-c3cccc(OC)c3)cnc2C)cc(OC)c1OC. The third-order valence-electron chi connectivity index (χ3n) is 4.74. The van der Waals surface area contributed by atoms with Crippen LogP contribution in [0.2, 0.25) is 0 Å². The van der Waals surface area contributed by atoms with Crippen molar-refractivity contribution in [1.82, 2.24) is 4.98 Å². The summed E-state index contributed by atoms with van der Waals surface area (Å²) in [4.78, 5) is 4.63. The van der Waals surface area contributed by atoms with Gasteiger partial charge in [-0.15, -0.1) is 0 Å². The number of ether oxygens (including phenoxy) is 3. The van der Waals surface area contributed by atoms with Crippen molar-refractivity contribution in [3.63, 3.8) is 0 Å². The van der Waals surface area contributed by atoms with Gasteiger partial charge < -0.3 is 14.2 Å². The predicted octanol–water partition coefficient (Wildman–Crippen LogP) is 5.31. The number of pyridine rings is 1. The van der Waals surface area contributed by atoms with E-state index in [2.05, 4.69) is 30.1 Å². The molecule has 0 N–H and O–H groups in total. The number of benzene rings is 2. The Balaban J connectivity index is 2.14. The molecule has 0 spiro atoms. The van der Waals surface area contributed by atoms with Crippen molar-refractivity contribution >= 4 is 0 Å². The van der Waals surface area contributed by atoms with E-state index in [1.54, 1.807) is 21.3 Å². The van der Waals surface area contributed by atoms with Gasteiger partial charge in [-0.3, -0.25) is 4.98 Å². The average molecular weight is 363 g/mol. The largest absolute Gasteiger partial charge is 0.497 e. The van der Waals surface area contributed by atoms with Crippen molar-refractivity contribution < 1.29 is 14.2 Å². The van der Waals surface area contributed by atoms with Crippen LogP contribution in [0.15, 0.2) is 48.7 Å². The normalized spacial score (nSPS) is 10.6. The Morgan fingerprint density at radius 2 is 1.67 bits per heavy atom. The summed E-state index contributed by atoms with van der Waals surface area (Å²) in [6, 6.07) is 14.3. The minimum atomic E-state index is 0.734. The third kappa shape index (κ3) is 3.75. The van der Waals surface area contributed by atoms with Gasteiger partial charge in [0.15, 0.2) is 11.5 Å². The highest BCUT2D eigenvalue weighted by atomic mass is 16.5. The molecule has 0 aliphatic carbocycles. The molecule has 0 unspecified atom stereocenters. The molecule has 0 atom stereocenters. The summed E-state index contributed by atoms with van der Waals surface area (Å²) in [5.74, 6) is 2.35. The van der Waals surface area contributed by atoms with E-state index in [0.717, 1.165) is 57.2 Å². The monoisotopic (exact) mass is 363 g/mol. The van der Waals surface area contributed by atoms with Crippen LogP contribution in [0, 0.1) is 6.92 Å². The van der Waals surface area contributed by atoms with Crippen molar-refractivity contribution in [2.24, 2.45) is 0 Å². The van der Waals surface area contributed by atoms with E-state index in [0.29, 0.717) is 0 Å². The standard InChI is InChI=1S/C23H25NO3/c1-6-16-10-18(13-22(26-4)23(16)27-5)21-12-19(14-24-15(21)2)17-8-7-9-20(11-17)25-3/h7-14H,6H2,1-5H3.